The Hall–Kier alpha value is -1.02. The second-order valence-electron chi connectivity index (χ2n) is 7.05. The summed E-state index contributed by atoms with van der Waals surface area (Å²) < 4.78 is 0. The zero-order valence-corrected chi connectivity index (χ0v) is 11.8. The molecule has 1 aliphatic heterocycles. The smallest absolute Gasteiger partial charge is 0.115 e. The van der Waals surface area contributed by atoms with E-state index < -0.39 is 0 Å². The summed E-state index contributed by atoms with van der Waals surface area (Å²) in [6.07, 6.45) is 7.90. The van der Waals surface area contributed by atoms with Crippen LogP contribution < -0.4 is 0 Å². The molecule has 1 aromatic rings. The standard InChI is InChI=1S/C17H23NO/c1-18-10-9-17-7-2-6-16(17,12-18)8-5-13-3-4-14(19)11-15(13)17/h3-4,11,19H,2,5-10,12H2,1H3. The zero-order chi connectivity index (χ0) is 13.1. The van der Waals surface area contributed by atoms with Gasteiger partial charge in [-0.05, 0) is 74.4 Å². The lowest BCUT2D eigenvalue weighted by Crippen LogP contribution is -2.56. The molecule has 1 saturated carbocycles. The highest BCUT2D eigenvalue weighted by Crippen LogP contribution is 2.63. The maximum Gasteiger partial charge on any atom is 0.115 e. The van der Waals surface area contributed by atoms with Crippen LogP contribution in [0.1, 0.15) is 43.2 Å². The van der Waals surface area contributed by atoms with Gasteiger partial charge < -0.3 is 10.0 Å². The summed E-state index contributed by atoms with van der Waals surface area (Å²) in [5, 5.41) is 9.93. The van der Waals surface area contributed by atoms with Gasteiger partial charge in [0, 0.05) is 12.0 Å². The molecule has 4 rings (SSSR count). The van der Waals surface area contributed by atoms with E-state index in [9.17, 15) is 5.11 Å². The fourth-order valence-electron chi connectivity index (χ4n) is 5.43. The van der Waals surface area contributed by atoms with Crippen molar-refractivity contribution in [3.8, 4) is 5.75 Å². The van der Waals surface area contributed by atoms with Crippen molar-refractivity contribution in [3.05, 3.63) is 29.3 Å². The quantitative estimate of drug-likeness (QED) is 0.772. The maximum atomic E-state index is 9.93. The van der Waals surface area contributed by atoms with Crippen LogP contribution in [0.2, 0.25) is 0 Å². The molecular formula is C17H23NO. The van der Waals surface area contributed by atoms with Gasteiger partial charge in [0.15, 0.2) is 0 Å². The molecule has 2 nitrogen and oxygen atoms in total. The first-order valence-electron chi connectivity index (χ1n) is 7.66. The van der Waals surface area contributed by atoms with Crippen molar-refractivity contribution in [2.24, 2.45) is 5.41 Å². The van der Waals surface area contributed by atoms with Crippen molar-refractivity contribution in [2.75, 3.05) is 20.1 Å². The Morgan fingerprint density at radius 2 is 2.05 bits per heavy atom. The molecule has 2 fully saturated rings. The SMILES string of the molecule is CN1CCC23CCCC2(CCc2ccc(O)cc23)C1. The largest absolute Gasteiger partial charge is 0.508 e. The second kappa shape index (κ2) is 3.76. The zero-order valence-electron chi connectivity index (χ0n) is 11.8. The molecule has 1 saturated heterocycles. The molecule has 1 aromatic carbocycles. The third-order valence-corrected chi connectivity index (χ3v) is 6.25. The van der Waals surface area contributed by atoms with Gasteiger partial charge in [-0.25, -0.2) is 0 Å². The van der Waals surface area contributed by atoms with E-state index in [2.05, 4.69) is 24.1 Å². The van der Waals surface area contributed by atoms with E-state index in [1.807, 2.05) is 6.07 Å². The number of nitrogens with zero attached hydrogens (tertiary/aromatic N) is 1. The number of aromatic hydroxyl groups is 1. The monoisotopic (exact) mass is 257 g/mol. The summed E-state index contributed by atoms with van der Waals surface area (Å²) in [4.78, 5) is 2.53. The third kappa shape index (κ3) is 1.41. The van der Waals surface area contributed by atoms with Crippen molar-refractivity contribution >= 4 is 0 Å². The molecule has 0 aromatic heterocycles. The number of fused-ring (bicyclic) bond motifs is 1. The molecule has 2 unspecified atom stereocenters. The van der Waals surface area contributed by atoms with E-state index in [0.29, 0.717) is 16.6 Å². The number of rotatable bonds is 0. The molecule has 102 valence electrons. The first kappa shape index (κ1) is 11.8. The van der Waals surface area contributed by atoms with Gasteiger partial charge >= 0.3 is 0 Å². The summed E-state index contributed by atoms with van der Waals surface area (Å²) in [5.74, 6) is 0.453. The first-order valence-corrected chi connectivity index (χ1v) is 7.66. The van der Waals surface area contributed by atoms with Gasteiger partial charge in [0.1, 0.15) is 5.75 Å². The topological polar surface area (TPSA) is 23.5 Å². The van der Waals surface area contributed by atoms with E-state index in [4.69, 9.17) is 0 Å². The van der Waals surface area contributed by atoms with Crippen LogP contribution in [0.4, 0.5) is 0 Å². The highest BCUT2D eigenvalue weighted by molar-refractivity contribution is 5.45. The molecule has 0 spiro atoms. The Balaban J connectivity index is 1.91. The molecule has 3 aliphatic rings. The van der Waals surface area contributed by atoms with Gasteiger partial charge in [-0.1, -0.05) is 12.5 Å². The van der Waals surface area contributed by atoms with E-state index in [0.717, 1.165) is 0 Å². The van der Waals surface area contributed by atoms with Gasteiger partial charge in [-0.2, -0.15) is 0 Å². The molecular weight excluding hydrogens is 234 g/mol. The Morgan fingerprint density at radius 1 is 1.16 bits per heavy atom. The van der Waals surface area contributed by atoms with Gasteiger partial charge in [-0.3, -0.25) is 0 Å². The number of benzene rings is 1. The van der Waals surface area contributed by atoms with Crippen LogP contribution in [0.5, 0.6) is 5.75 Å². The Bertz CT molecular complexity index is 526. The number of likely N-dealkylation sites (tertiary alicyclic amines) is 1. The second-order valence-corrected chi connectivity index (χ2v) is 7.05. The number of phenols is 1. The van der Waals surface area contributed by atoms with E-state index >= 15 is 0 Å². The lowest BCUT2D eigenvalue weighted by Gasteiger charge is -2.56. The summed E-state index contributed by atoms with van der Waals surface area (Å²) in [6, 6.07) is 6.12. The molecule has 1 N–H and O–H groups in total. The van der Waals surface area contributed by atoms with Gasteiger partial charge in [-0.15, -0.1) is 0 Å². The van der Waals surface area contributed by atoms with Crippen molar-refractivity contribution in [1.82, 2.24) is 4.90 Å². The third-order valence-electron chi connectivity index (χ3n) is 6.25. The normalized spacial score (nSPS) is 37.5. The van der Waals surface area contributed by atoms with E-state index in [-0.39, 0.29) is 0 Å². The van der Waals surface area contributed by atoms with Crippen molar-refractivity contribution in [3.63, 3.8) is 0 Å². The lowest BCUT2D eigenvalue weighted by molar-refractivity contribution is 0.0191. The summed E-state index contributed by atoms with van der Waals surface area (Å²) in [5.41, 5.74) is 3.84. The maximum absolute atomic E-state index is 9.93. The van der Waals surface area contributed by atoms with E-state index in [1.165, 1.54) is 62.7 Å². The average molecular weight is 257 g/mol. The minimum Gasteiger partial charge on any atom is -0.508 e. The summed E-state index contributed by atoms with van der Waals surface area (Å²) in [7, 11) is 2.27. The van der Waals surface area contributed by atoms with Gasteiger partial charge in [0.05, 0.1) is 0 Å². The van der Waals surface area contributed by atoms with Crippen LogP contribution in [0.3, 0.4) is 0 Å². The van der Waals surface area contributed by atoms with Crippen LogP contribution >= 0.6 is 0 Å². The predicted octanol–water partition coefficient (Wildman–Crippen LogP) is 3.08. The number of piperidine rings is 1. The Kier molecular flexibility index (Phi) is 2.33. The molecule has 0 radical (unpaired) electrons. The Labute approximate surface area is 115 Å². The van der Waals surface area contributed by atoms with Crippen molar-refractivity contribution < 1.29 is 5.11 Å². The van der Waals surface area contributed by atoms with Crippen LogP contribution in [0.25, 0.3) is 0 Å². The lowest BCUT2D eigenvalue weighted by atomic mass is 9.53. The molecule has 0 amide bonds. The fraction of sp³-hybridized carbons (Fsp3) is 0.647. The minimum atomic E-state index is 0.367. The highest BCUT2D eigenvalue weighted by atomic mass is 16.3. The average Bonchev–Trinajstić information content (AvgIpc) is 2.78. The molecule has 0 bridgehead atoms. The number of hydrogen-bond donors (Lipinski definition) is 1. The number of hydrogen-bond acceptors (Lipinski definition) is 2. The van der Waals surface area contributed by atoms with Crippen LogP contribution in [-0.2, 0) is 11.8 Å². The molecule has 1 heterocycles. The number of aryl methyl sites for hydroxylation is 1. The highest BCUT2D eigenvalue weighted by Gasteiger charge is 2.59. The van der Waals surface area contributed by atoms with Crippen molar-refractivity contribution in [2.45, 2.75) is 43.9 Å². The van der Waals surface area contributed by atoms with Gasteiger partial charge in [0.2, 0.25) is 0 Å². The fourth-order valence-corrected chi connectivity index (χ4v) is 5.43. The summed E-state index contributed by atoms with van der Waals surface area (Å²) >= 11 is 0. The molecule has 2 aliphatic carbocycles. The minimum absolute atomic E-state index is 0.367. The van der Waals surface area contributed by atoms with Crippen LogP contribution in [-0.4, -0.2) is 30.1 Å². The molecule has 2 atom stereocenters. The predicted molar refractivity (Wildman–Crippen MR) is 76.5 cm³/mol. The van der Waals surface area contributed by atoms with Crippen LogP contribution in [0.15, 0.2) is 18.2 Å². The Morgan fingerprint density at radius 3 is 2.95 bits per heavy atom. The first-order chi connectivity index (χ1) is 9.15. The number of phenolic OH excluding ortho intramolecular Hbond substituents is 1. The van der Waals surface area contributed by atoms with E-state index in [1.54, 1.807) is 0 Å². The van der Waals surface area contributed by atoms with Crippen LogP contribution in [0, 0.1) is 5.41 Å². The molecule has 19 heavy (non-hydrogen) atoms. The van der Waals surface area contributed by atoms with Crippen molar-refractivity contribution in [1.29, 1.82) is 0 Å². The summed E-state index contributed by atoms with van der Waals surface area (Å²) in [6.45, 7) is 2.46. The van der Waals surface area contributed by atoms with Gasteiger partial charge in [0.25, 0.3) is 0 Å². The molecule has 2 heteroatoms.